The van der Waals surface area contributed by atoms with Crippen LogP contribution in [0.1, 0.15) is 41.6 Å². The van der Waals surface area contributed by atoms with Crippen molar-refractivity contribution in [2.45, 2.75) is 26.7 Å². The minimum atomic E-state index is -0.223. The molecule has 6 heteroatoms. The van der Waals surface area contributed by atoms with Crippen molar-refractivity contribution in [1.29, 1.82) is 0 Å². The first-order chi connectivity index (χ1) is 13.0. The molecule has 136 valence electrons. The fourth-order valence-corrected chi connectivity index (χ4v) is 3.08. The number of anilines is 1. The van der Waals surface area contributed by atoms with Gasteiger partial charge in [0.1, 0.15) is 11.4 Å². The molecular formula is C21H20N4O2. The maximum atomic E-state index is 12.8. The molecule has 0 aliphatic rings. The van der Waals surface area contributed by atoms with Gasteiger partial charge < -0.3 is 14.8 Å². The first kappa shape index (κ1) is 17.0. The summed E-state index contributed by atoms with van der Waals surface area (Å²) in [6.07, 6.45) is 0. The predicted octanol–water partition coefficient (Wildman–Crippen LogP) is 4.90. The molecule has 2 aromatic carbocycles. The van der Waals surface area contributed by atoms with Crippen molar-refractivity contribution in [3.05, 3.63) is 65.5 Å². The second-order valence-corrected chi connectivity index (χ2v) is 6.80. The van der Waals surface area contributed by atoms with E-state index in [1.807, 2.05) is 62.4 Å². The highest BCUT2D eigenvalue weighted by atomic mass is 16.5. The smallest absolute Gasteiger partial charge is 0.261 e. The second-order valence-electron chi connectivity index (χ2n) is 6.80. The Balaban J connectivity index is 1.63. The summed E-state index contributed by atoms with van der Waals surface area (Å²) in [6.45, 7) is 5.72. The molecule has 0 unspecified atom stereocenters. The zero-order chi connectivity index (χ0) is 19.0. The van der Waals surface area contributed by atoms with Crippen LogP contribution in [-0.4, -0.2) is 21.0 Å². The third-order valence-corrected chi connectivity index (χ3v) is 4.42. The number of fused-ring (bicyclic) bond motifs is 1. The van der Waals surface area contributed by atoms with E-state index in [1.54, 1.807) is 6.92 Å². The van der Waals surface area contributed by atoms with Crippen molar-refractivity contribution in [2.75, 3.05) is 5.32 Å². The summed E-state index contributed by atoms with van der Waals surface area (Å²) in [5.74, 6) is 1.21. The van der Waals surface area contributed by atoms with Crippen molar-refractivity contribution in [3.63, 3.8) is 0 Å². The summed E-state index contributed by atoms with van der Waals surface area (Å²) in [7, 11) is 0. The number of carbonyl (C=O) groups is 1. The van der Waals surface area contributed by atoms with E-state index in [4.69, 9.17) is 4.52 Å². The van der Waals surface area contributed by atoms with Crippen LogP contribution >= 0.6 is 0 Å². The van der Waals surface area contributed by atoms with Crippen LogP contribution in [0.15, 0.2) is 53.1 Å². The fourth-order valence-electron chi connectivity index (χ4n) is 3.08. The number of para-hydroxylation sites is 2. The molecule has 2 heterocycles. The van der Waals surface area contributed by atoms with E-state index in [9.17, 15) is 4.79 Å². The third kappa shape index (κ3) is 3.21. The lowest BCUT2D eigenvalue weighted by Gasteiger charge is -2.08. The van der Waals surface area contributed by atoms with E-state index < -0.39 is 0 Å². The second kappa shape index (κ2) is 6.72. The maximum Gasteiger partial charge on any atom is 0.261 e. The Morgan fingerprint density at radius 3 is 2.74 bits per heavy atom. The van der Waals surface area contributed by atoms with Gasteiger partial charge in [0.15, 0.2) is 5.76 Å². The minimum absolute atomic E-state index is 0.0776. The average Bonchev–Trinajstić information content (AvgIpc) is 3.25. The third-order valence-electron chi connectivity index (χ3n) is 4.42. The number of carbonyl (C=O) groups excluding carboxylic acids is 1. The molecule has 0 spiro atoms. The molecule has 6 nitrogen and oxygen atoms in total. The molecule has 4 rings (SSSR count). The van der Waals surface area contributed by atoms with Gasteiger partial charge in [-0.05, 0) is 31.2 Å². The Labute approximate surface area is 156 Å². The quantitative estimate of drug-likeness (QED) is 0.542. The first-order valence-electron chi connectivity index (χ1n) is 8.85. The molecule has 0 saturated carbocycles. The standard InChI is InChI=1S/C21H20N4O2/c1-12(2)19-18(13(3)25-27-19)21(26)22-15-8-6-7-14(11-15)20-23-16-9-4-5-10-17(16)24-20/h4-12H,1-3H3,(H,22,26)(H,23,24). The summed E-state index contributed by atoms with van der Waals surface area (Å²) in [6, 6.07) is 15.5. The molecule has 27 heavy (non-hydrogen) atoms. The molecule has 0 bridgehead atoms. The van der Waals surface area contributed by atoms with Gasteiger partial charge in [-0.1, -0.05) is 43.3 Å². The van der Waals surface area contributed by atoms with Gasteiger partial charge in [-0.2, -0.15) is 0 Å². The lowest BCUT2D eigenvalue weighted by Crippen LogP contribution is -2.14. The first-order valence-corrected chi connectivity index (χ1v) is 8.85. The van der Waals surface area contributed by atoms with E-state index in [1.165, 1.54) is 0 Å². The Morgan fingerprint density at radius 1 is 1.15 bits per heavy atom. The lowest BCUT2D eigenvalue weighted by atomic mass is 10.0. The molecule has 1 amide bonds. The van der Waals surface area contributed by atoms with E-state index in [0.29, 0.717) is 22.7 Å². The highest BCUT2D eigenvalue weighted by Gasteiger charge is 2.22. The van der Waals surface area contributed by atoms with Crippen LogP contribution in [0.4, 0.5) is 5.69 Å². The van der Waals surface area contributed by atoms with Gasteiger partial charge in [-0.3, -0.25) is 4.79 Å². The van der Waals surface area contributed by atoms with Crippen LogP contribution in [0.2, 0.25) is 0 Å². The number of hydrogen-bond donors (Lipinski definition) is 2. The van der Waals surface area contributed by atoms with E-state index in [2.05, 4.69) is 20.4 Å². The molecule has 0 radical (unpaired) electrons. The summed E-state index contributed by atoms with van der Waals surface area (Å²) in [4.78, 5) is 20.7. The van der Waals surface area contributed by atoms with Gasteiger partial charge in [0.2, 0.25) is 0 Å². The zero-order valence-corrected chi connectivity index (χ0v) is 15.4. The number of aryl methyl sites for hydroxylation is 1. The van der Waals surface area contributed by atoms with Gasteiger partial charge in [0.25, 0.3) is 5.91 Å². The van der Waals surface area contributed by atoms with Crippen molar-refractivity contribution < 1.29 is 9.32 Å². The fraction of sp³-hybridized carbons (Fsp3) is 0.190. The molecule has 2 N–H and O–H groups in total. The molecule has 0 fully saturated rings. The largest absolute Gasteiger partial charge is 0.360 e. The van der Waals surface area contributed by atoms with Crippen LogP contribution in [0, 0.1) is 6.92 Å². The number of hydrogen-bond acceptors (Lipinski definition) is 4. The van der Waals surface area contributed by atoms with Gasteiger partial charge in [0.05, 0.1) is 16.7 Å². The number of nitrogens with one attached hydrogen (secondary N) is 2. The molecular weight excluding hydrogens is 340 g/mol. The van der Waals surface area contributed by atoms with Gasteiger partial charge in [0, 0.05) is 17.2 Å². The van der Waals surface area contributed by atoms with Crippen LogP contribution in [0.3, 0.4) is 0 Å². The van der Waals surface area contributed by atoms with Crippen LogP contribution < -0.4 is 5.32 Å². The molecule has 0 saturated heterocycles. The number of rotatable bonds is 4. The van der Waals surface area contributed by atoms with E-state index in [-0.39, 0.29) is 11.8 Å². The Kier molecular flexibility index (Phi) is 4.24. The van der Waals surface area contributed by atoms with Crippen molar-refractivity contribution >= 4 is 22.6 Å². The highest BCUT2D eigenvalue weighted by molar-refractivity contribution is 6.06. The molecule has 0 aliphatic carbocycles. The number of aromatic nitrogens is 3. The number of aromatic amines is 1. The summed E-state index contributed by atoms with van der Waals surface area (Å²) < 4.78 is 5.32. The summed E-state index contributed by atoms with van der Waals surface area (Å²) in [5, 5.41) is 6.88. The molecule has 0 atom stereocenters. The topological polar surface area (TPSA) is 83.8 Å². The van der Waals surface area contributed by atoms with Crippen molar-refractivity contribution in [2.24, 2.45) is 0 Å². The maximum absolute atomic E-state index is 12.8. The van der Waals surface area contributed by atoms with Crippen molar-refractivity contribution in [1.82, 2.24) is 15.1 Å². The summed E-state index contributed by atoms with van der Waals surface area (Å²) >= 11 is 0. The van der Waals surface area contributed by atoms with Crippen molar-refractivity contribution in [3.8, 4) is 11.4 Å². The number of imidazole rings is 1. The van der Waals surface area contributed by atoms with E-state index >= 15 is 0 Å². The normalized spacial score (nSPS) is 11.3. The number of amides is 1. The van der Waals surface area contributed by atoms with Crippen LogP contribution in [0.25, 0.3) is 22.4 Å². The van der Waals surface area contributed by atoms with Crippen LogP contribution in [-0.2, 0) is 0 Å². The predicted molar refractivity (Wildman–Crippen MR) is 105 cm³/mol. The highest BCUT2D eigenvalue weighted by Crippen LogP contribution is 2.26. The SMILES string of the molecule is Cc1noc(C(C)C)c1C(=O)Nc1cccc(-c2nc3ccccc3[nH]2)c1. The monoisotopic (exact) mass is 360 g/mol. The number of nitrogens with zero attached hydrogens (tertiary/aromatic N) is 2. The summed E-state index contributed by atoms with van der Waals surface area (Å²) in [5.41, 5.74) is 4.55. The molecule has 0 aliphatic heterocycles. The molecule has 4 aromatic rings. The van der Waals surface area contributed by atoms with E-state index in [0.717, 1.165) is 22.4 Å². The van der Waals surface area contributed by atoms with Gasteiger partial charge in [-0.15, -0.1) is 0 Å². The Bertz CT molecular complexity index is 1090. The molecule has 2 aromatic heterocycles. The minimum Gasteiger partial charge on any atom is -0.360 e. The van der Waals surface area contributed by atoms with Crippen LogP contribution in [0.5, 0.6) is 0 Å². The lowest BCUT2D eigenvalue weighted by molar-refractivity contribution is 0.102. The average molecular weight is 360 g/mol. The Morgan fingerprint density at radius 2 is 1.96 bits per heavy atom. The Hall–Kier alpha value is -3.41. The van der Waals surface area contributed by atoms with Gasteiger partial charge >= 0.3 is 0 Å². The van der Waals surface area contributed by atoms with Gasteiger partial charge in [-0.25, -0.2) is 4.98 Å². The number of benzene rings is 2. The number of H-pyrrole nitrogens is 1. The zero-order valence-electron chi connectivity index (χ0n) is 15.4.